The van der Waals surface area contributed by atoms with Gasteiger partial charge in [-0.15, -0.1) is 6.42 Å². The van der Waals surface area contributed by atoms with Crippen molar-refractivity contribution < 1.29 is 13.9 Å². The molecule has 0 saturated heterocycles. The van der Waals surface area contributed by atoms with Crippen molar-refractivity contribution in [3.05, 3.63) is 53.1 Å². The summed E-state index contributed by atoms with van der Waals surface area (Å²) in [6.45, 7) is 6.21. The zero-order chi connectivity index (χ0) is 20.0. The number of hydrogen-bond donors (Lipinski definition) is 2. The van der Waals surface area contributed by atoms with Crippen LogP contribution in [0.3, 0.4) is 0 Å². The Bertz CT molecular complexity index is 849. The van der Waals surface area contributed by atoms with Crippen molar-refractivity contribution in [1.29, 1.82) is 0 Å². The molecule has 0 radical (unpaired) electrons. The zero-order valence-corrected chi connectivity index (χ0v) is 16.0. The molecule has 0 unspecified atom stereocenters. The minimum absolute atomic E-state index is 0.0503. The van der Waals surface area contributed by atoms with Crippen LogP contribution in [0, 0.1) is 18.2 Å². The smallest absolute Gasteiger partial charge is 0.258 e. The van der Waals surface area contributed by atoms with Gasteiger partial charge in [-0.25, -0.2) is 4.39 Å². The Balaban J connectivity index is 1.90. The van der Waals surface area contributed by atoms with Crippen molar-refractivity contribution in [2.24, 2.45) is 0 Å². The highest BCUT2D eigenvalue weighted by molar-refractivity contribution is 5.77. The second-order valence-electron chi connectivity index (χ2n) is 7.09. The molecule has 142 valence electrons. The van der Waals surface area contributed by atoms with Gasteiger partial charge in [0.05, 0.1) is 17.4 Å². The lowest BCUT2D eigenvalue weighted by Crippen LogP contribution is -2.28. The van der Waals surface area contributed by atoms with E-state index in [2.05, 4.69) is 42.3 Å². The van der Waals surface area contributed by atoms with Crippen LogP contribution in [0.1, 0.15) is 37.6 Å². The van der Waals surface area contributed by atoms with Gasteiger partial charge >= 0.3 is 0 Å². The van der Waals surface area contributed by atoms with E-state index in [1.54, 1.807) is 25.4 Å². The number of halogens is 1. The largest absolute Gasteiger partial charge is 0.482 e. The maximum absolute atomic E-state index is 14.0. The van der Waals surface area contributed by atoms with Crippen LogP contribution in [-0.2, 0) is 16.8 Å². The van der Waals surface area contributed by atoms with Gasteiger partial charge in [0.1, 0.15) is 11.6 Å². The van der Waals surface area contributed by atoms with E-state index in [-0.39, 0.29) is 30.2 Å². The van der Waals surface area contributed by atoms with Crippen LogP contribution >= 0.6 is 0 Å². The molecular formula is C21H24FN3O2. The number of terminal acetylenes is 1. The minimum atomic E-state index is -0.460. The number of aromatic nitrogens is 1. The van der Waals surface area contributed by atoms with Crippen LogP contribution in [0.2, 0.25) is 0 Å². The summed E-state index contributed by atoms with van der Waals surface area (Å²) in [5.74, 6) is 2.16. The first kappa shape index (κ1) is 20.2. The highest BCUT2D eigenvalue weighted by Gasteiger charge is 2.15. The molecule has 2 rings (SSSR count). The Morgan fingerprint density at radius 1 is 1.33 bits per heavy atom. The summed E-state index contributed by atoms with van der Waals surface area (Å²) in [5, 5.41) is 5.41. The summed E-state index contributed by atoms with van der Waals surface area (Å²) >= 11 is 0. The third-order valence-electron chi connectivity index (χ3n) is 3.92. The summed E-state index contributed by atoms with van der Waals surface area (Å²) in [6.07, 6.45) is 7.00. The fourth-order valence-electron chi connectivity index (χ4n) is 2.44. The van der Waals surface area contributed by atoms with Crippen LogP contribution in [0.4, 0.5) is 10.1 Å². The molecule has 0 aliphatic heterocycles. The van der Waals surface area contributed by atoms with Crippen LogP contribution in [-0.4, -0.2) is 24.5 Å². The third kappa shape index (κ3) is 5.45. The average Bonchev–Trinajstić information content (AvgIpc) is 2.63. The molecule has 1 aromatic heterocycles. The number of carbonyl (C=O) groups excluding carboxylic acids is 1. The SMILES string of the molecule is C#Cc1cc(CNC(=O)COc2ccc(C(C)(C)C)nc2)cc(F)c1NC. The highest BCUT2D eigenvalue weighted by Crippen LogP contribution is 2.22. The summed E-state index contributed by atoms with van der Waals surface area (Å²) in [6, 6.07) is 6.65. The lowest BCUT2D eigenvalue weighted by atomic mass is 9.92. The van der Waals surface area contributed by atoms with Crippen molar-refractivity contribution in [1.82, 2.24) is 10.3 Å². The van der Waals surface area contributed by atoms with Crippen molar-refractivity contribution >= 4 is 11.6 Å². The number of carbonyl (C=O) groups is 1. The van der Waals surface area contributed by atoms with Crippen LogP contribution < -0.4 is 15.4 Å². The minimum Gasteiger partial charge on any atom is -0.482 e. The molecule has 1 amide bonds. The summed E-state index contributed by atoms with van der Waals surface area (Å²) in [7, 11) is 1.60. The normalized spacial score (nSPS) is 10.8. The second-order valence-corrected chi connectivity index (χ2v) is 7.09. The Hall–Kier alpha value is -3.07. The van der Waals surface area contributed by atoms with Gasteiger partial charge in [-0.1, -0.05) is 26.7 Å². The van der Waals surface area contributed by atoms with E-state index < -0.39 is 5.82 Å². The molecule has 0 saturated carbocycles. The van der Waals surface area contributed by atoms with Crippen LogP contribution in [0.5, 0.6) is 5.75 Å². The number of anilines is 1. The first-order chi connectivity index (χ1) is 12.7. The number of pyridine rings is 1. The van der Waals surface area contributed by atoms with Gasteiger partial charge in [-0.2, -0.15) is 0 Å². The molecule has 2 aromatic rings. The number of benzene rings is 1. The quantitative estimate of drug-likeness (QED) is 0.768. The zero-order valence-electron chi connectivity index (χ0n) is 16.0. The fraction of sp³-hybridized carbons (Fsp3) is 0.333. The van der Waals surface area contributed by atoms with Gasteiger partial charge < -0.3 is 15.4 Å². The summed E-state index contributed by atoms with van der Waals surface area (Å²) in [4.78, 5) is 16.3. The van der Waals surface area contributed by atoms with Gasteiger partial charge in [-0.3, -0.25) is 9.78 Å². The van der Waals surface area contributed by atoms with Crippen molar-refractivity contribution in [3.63, 3.8) is 0 Å². The Kier molecular flexibility index (Phi) is 6.40. The second kappa shape index (κ2) is 8.54. The Morgan fingerprint density at radius 3 is 2.63 bits per heavy atom. The van der Waals surface area contributed by atoms with E-state index in [1.807, 2.05) is 6.07 Å². The third-order valence-corrected chi connectivity index (χ3v) is 3.92. The van der Waals surface area contributed by atoms with E-state index in [1.165, 1.54) is 6.07 Å². The van der Waals surface area contributed by atoms with E-state index in [0.29, 0.717) is 16.9 Å². The molecule has 2 N–H and O–H groups in total. The van der Waals surface area contributed by atoms with Gasteiger partial charge in [0.25, 0.3) is 5.91 Å². The summed E-state index contributed by atoms with van der Waals surface area (Å²) < 4.78 is 19.4. The van der Waals surface area contributed by atoms with Crippen LogP contribution in [0.25, 0.3) is 0 Å². The number of amides is 1. The maximum atomic E-state index is 14.0. The molecule has 0 spiro atoms. The first-order valence-electron chi connectivity index (χ1n) is 8.57. The van der Waals surface area contributed by atoms with Gasteiger partial charge in [0, 0.05) is 24.7 Å². The molecule has 6 heteroatoms. The van der Waals surface area contributed by atoms with E-state index in [4.69, 9.17) is 11.2 Å². The molecule has 0 bridgehead atoms. The highest BCUT2D eigenvalue weighted by atomic mass is 19.1. The number of ether oxygens (including phenoxy) is 1. The van der Waals surface area contributed by atoms with Crippen molar-refractivity contribution in [3.8, 4) is 18.1 Å². The van der Waals surface area contributed by atoms with Gasteiger partial charge in [0.15, 0.2) is 6.61 Å². The molecule has 27 heavy (non-hydrogen) atoms. The lowest BCUT2D eigenvalue weighted by molar-refractivity contribution is -0.123. The number of nitrogens with one attached hydrogen (secondary N) is 2. The first-order valence-corrected chi connectivity index (χ1v) is 8.57. The number of nitrogens with zero attached hydrogens (tertiary/aromatic N) is 1. The molecule has 0 atom stereocenters. The topological polar surface area (TPSA) is 63.2 Å². The molecule has 0 aliphatic carbocycles. The van der Waals surface area contributed by atoms with Crippen molar-refractivity contribution in [2.75, 3.05) is 19.0 Å². The van der Waals surface area contributed by atoms with E-state index in [9.17, 15) is 9.18 Å². The lowest BCUT2D eigenvalue weighted by Gasteiger charge is -2.17. The van der Waals surface area contributed by atoms with E-state index in [0.717, 1.165) is 5.69 Å². The monoisotopic (exact) mass is 369 g/mol. The molecule has 5 nitrogen and oxygen atoms in total. The Labute approximate surface area is 159 Å². The predicted molar refractivity (Wildman–Crippen MR) is 104 cm³/mol. The predicted octanol–water partition coefficient (Wildman–Crippen LogP) is 3.24. The van der Waals surface area contributed by atoms with Gasteiger partial charge in [-0.05, 0) is 29.8 Å². The standard InChI is InChI=1S/C21H24FN3O2/c1-6-15-9-14(10-17(22)20(15)23-5)11-25-19(26)13-27-16-7-8-18(24-12-16)21(2,3)4/h1,7-10,12,23H,11,13H2,2-5H3,(H,25,26). The molecular weight excluding hydrogens is 345 g/mol. The maximum Gasteiger partial charge on any atom is 0.258 e. The molecule has 1 aromatic carbocycles. The fourth-order valence-corrected chi connectivity index (χ4v) is 2.44. The van der Waals surface area contributed by atoms with Crippen molar-refractivity contribution in [2.45, 2.75) is 32.7 Å². The molecule has 0 aliphatic rings. The van der Waals surface area contributed by atoms with E-state index >= 15 is 0 Å². The molecule has 1 heterocycles. The van der Waals surface area contributed by atoms with Crippen LogP contribution in [0.15, 0.2) is 30.5 Å². The number of hydrogen-bond acceptors (Lipinski definition) is 4. The van der Waals surface area contributed by atoms with Gasteiger partial charge in [0.2, 0.25) is 0 Å². The summed E-state index contributed by atoms with van der Waals surface area (Å²) in [5.41, 5.74) is 2.13. The number of rotatable bonds is 6. The molecule has 0 fully saturated rings. The Morgan fingerprint density at radius 2 is 2.07 bits per heavy atom. The average molecular weight is 369 g/mol.